The van der Waals surface area contributed by atoms with Crippen LogP contribution in [-0.4, -0.2) is 54.6 Å². The second-order valence-electron chi connectivity index (χ2n) is 4.84. The predicted octanol–water partition coefficient (Wildman–Crippen LogP) is 1.36. The zero-order chi connectivity index (χ0) is 13.8. The lowest BCUT2D eigenvalue weighted by Gasteiger charge is -2.34. The van der Waals surface area contributed by atoms with Gasteiger partial charge in [0.05, 0.1) is 6.20 Å². The Morgan fingerprint density at radius 2 is 2.11 bits per heavy atom. The Labute approximate surface area is 113 Å². The number of nitrogens with one attached hydrogen (secondary N) is 1. The van der Waals surface area contributed by atoms with E-state index in [0.717, 1.165) is 32.7 Å². The molecule has 0 aliphatic carbocycles. The smallest absolute Gasteiger partial charge is 0.227 e. The predicted molar refractivity (Wildman–Crippen MR) is 75.0 cm³/mol. The van der Waals surface area contributed by atoms with Gasteiger partial charge < -0.3 is 10.2 Å². The molecule has 1 saturated heterocycles. The Balaban J connectivity index is 1.99. The molecule has 1 N–H and O–H groups in total. The van der Waals surface area contributed by atoms with Crippen LogP contribution in [0.1, 0.15) is 6.92 Å². The van der Waals surface area contributed by atoms with Gasteiger partial charge in [0.15, 0.2) is 11.6 Å². The highest BCUT2D eigenvalue weighted by Gasteiger charge is 2.19. The fourth-order valence-corrected chi connectivity index (χ4v) is 2.17. The molecule has 1 aliphatic rings. The van der Waals surface area contributed by atoms with Gasteiger partial charge in [-0.15, -0.1) is 0 Å². The molecule has 0 aromatic carbocycles. The van der Waals surface area contributed by atoms with E-state index < -0.39 is 5.82 Å². The third-order valence-corrected chi connectivity index (χ3v) is 3.12. The first-order valence-corrected chi connectivity index (χ1v) is 6.42. The Morgan fingerprint density at radius 3 is 2.68 bits per heavy atom. The van der Waals surface area contributed by atoms with Gasteiger partial charge in [-0.05, 0) is 6.92 Å². The maximum atomic E-state index is 13.3. The van der Waals surface area contributed by atoms with Crippen LogP contribution in [0.4, 0.5) is 16.2 Å². The third-order valence-electron chi connectivity index (χ3n) is 3.12. The third kappa shape index (κ3) is 3.41. The van der Waals surface area contributed by atoms with Gasteiger partial charge in [0.1, 0.15) is 0 Å². The van der Waals surface area contributed by atoms with Gasteiger partial charge in [-0.1, -0.05) is 12.2 Å². The van der Waals surface area contributed by atoms with Gasteiger partial charge in [-0.25, -0.2) is 9.37 Å². The summed E-state index contributed by atoms with van der Waals surface area (Å²) in [6, 6.07) is 0. The molecule has 0 atom stereocenters. The van der Waals surface area contributed by atoms with E-state index in [4.69, 9.17) is 0 Å². The van der Waals surface area contributed by atoms with Crippen molar-refractivity contribution in [3.8, 4) is 0 Å². The summed E-state index contributed by atoms with van der Waals surface area (Å²) in [5.74, 6) is 0.405. The molecule has 2 heterocycles. The van der Waals surface area contributed by atoms with Crippen molar-refractivity contribution in [3.63, 3.8) is 0 Å². The zero-order valence-corrected chi connectivity index (χ0v) is 11.5. The van der Waals surface area contributed by atoms with E-state index in [2.05, 4.69) is 31.7 Å². The van der Waals surface area contributed by atoms with Gasteiger partial charge in [0, 0.05) is 39.8 Å². The molecule has 6 heteroatoms. The highest BCUT2D eigenvalue weighted by molar-refractivity contribution is 5.42. The lowest BCUT2D eigenvalue weighted by atomic mass is 10.2. The summed E-state index contributed by atoms with van der Waals surface area (Å²) in [6.45, 7) is 10.5. The zero-order valence-electron chi connectivity index (χ0n) is 11.5. The number of hydrogen-bond donors (Lipinski definition) is 1. The van der Waals surface area contributed by atoms with Crippen molar-refractivity contribution in [2.24, 2.45) is 0 Å². The van der Waals surface area contributed by atoms with Crippen molar-refractivity contribution in [3.05, 3.63) is 24.2 Å². The molecular formula is C13H20FN5. The number of hydrogen-bond acceptors (Lipinski definition) is 5. The van der Waals surface area contributed by atoms with Crippen molar-refractivity contribution in [2.75, 3.05) is 50.0 Å². The van der Waals surface area contributed by atoms with Crippen LogP contribution < -0.4 is 10.2 Å². The second-order valence-corrected chi connectivity index (χ2v) is 4.84. The number of piperazine rings is 1. The van der Waals surface area contributed by atoms with E-state index in [-0.39, 0.29) is 5.82 Å². The van der Waals surface area contributed by atoms with Crippen LogP contribution in [0.25, 0.3) is 0 Å². The normalized spacial score (nSPS) is 16.5. The summed E-state index contributed by atoms with van der Waals surface area (Å²) in [4.78, 5) is 12.7. The first-order chi connectivity index (χ1) is 9.10. The fraction of sp³-hybridized carbons (Fsp3) is 0.538. The minimum Gasteiger partial charge on any atom is -0.371 e. The largest absolute Gasteiger partial charge is 0.371 e. The van der Waals surface area contributed by atoms with Crippen molar-refractivity contribution in [1.29, 1.82) is 0 Å². The molecule has 1 aromatic heterocycles. The average Bonchev–Trinajstić information content (AvgIpc) is 2.40. The van der Waals surface area contributed by atoms with E-state index in [1.807, 2.05) is 6.92 Å². The molecule has 1 aromatic rings. The van der Waals surface area contributed by atoms with Crippen LogP contribution in [0.2, 0.25) is 0 Å². The van der Waals surface area contributed by atoms with Crippen LogP contribution in [0.3, 0.4) is 0 Å². The molecule has 1 fully saturated rings. The van der Waals surface area contributed by atoms with Crippen LogP contribution >= 0.6 is 0 Å². The highest BCUT2D eigenvalue weighted by Crippen LogP contribution is 2.16. The molecule has 0 radical (unpaired) electrons. The Bertz CT molecular complexity index is 454. The summed E-state index contributed by atoms with van der Waals surface area (Å²) >= 11 is 0. The minimum atomic E-state index is -0.424. The number of halogens is 1. The summed E-state index contributed by atoms with van der Waals surface area (Å²) in [7, 11) is 1.65. The number of aromatic nitrogens is 2. The molecule has 0 bridgehead atoms. The molecule has 0 unspecified atom stereocenters. The standard InChI is InChI=1S/C13H20FN5/c1-10(2)9-18-4-6-19(7-5-18)13-16-8-11(14)12(15-3)17-13/h8H,1,4-7,9H2,2-3H3,(H,15,16,17). The second kappa shape index (κ2) is 5.97. The van der Waals surface area contributed by atoms with E-state index in [1.54, 1.807) is 7.05 Å². The maximum absolute atomic E-state index is 13.3. The SMILES string of the molecule is C=C(C)CN1CCN(c2ncc(F)c(NC)n2)CC1. The summed E-state index contributed by atoms with van der Waals surface area (Å²) in [5, 5.41) is 2.73. The Kier molecular flexibility index (Phi) is 4.31. The molecule has 0 saturated carbocycles. The van der Waals surface area contributed by atoms with Crippen LogP contribution in [0, 0.1) is 5.82 Å². The van der Waals surface area contributed by atoms with Gasteiger partial charge in [-0.3, -0.25) is 4.90 Å². The first kappa shape index (κ1) is 13.7. The summed E-state index contributed by atoms with van der Waals surface area (Å²) < 4.78 is 13.3. The van der Waals surface area contributed by atoms with E-state index in [0.29, 0.717) is 5.95 Å². The van der Waals surface area contributed by atoms with Crippen LogP contribution in [0.15, 0.2) is 18.3 Å². The fourth-order valence-electron chi connectivity index (χ4n) is 2.17. The monoisotopic (exact) mass is 265 g/mol. The number of nitrogens with zero attached hydrogens (tertiary/aromatic N) is 4. The molecule has 5 nitrogen and oxygen atoms in total. The minimum absolute atomic E-state index is 0.245. The molecule has 0 spiro atoms. The Morgan fingerprint density at radius 1 is 1.42 bits per heavy atom. The van der Waals surface area contributed by atoms with Crippen molar-refractivity contribution in [1.82, 2.24) is 14.9 Å². The van der Waals surface area contributed by atoms with Gasteiger partial charge in [0.25, 0.3) is 0 Å². The van der Waals surface area contributed by atoms with Gasteiger partial charge >= 0.3 is 0 Å². The highest BCUT2D eigenvalue weighted by atomic mass is 19.1. The molecular weight excluding hydrogens is 245 g/mol. The van der Waals surface area contributed by atoms with E-state index >= 15 is 0 Å². The Hall–Kier alpha value is -1.69. The number of rotatable bonds is 4. The quantitative estimate of drug-likeness (QED) is 0.833. The van der Waals surface area contributed by atoms with Crippen molar-refractivity contribution >= 4 is 11.8 Å². The van der Waals surface area contributed by atoms with E-state index in [1.165, 1.54) is 11.8 Å². The molecule has 104 valence electrons. The average molecular weight is 265 g/mol. The summed E-state index contributed by atoms with van der Waals surface area (Å²) in [6.07, 6.45) is 1.22. The molecule has 1 aliphatic heterocycles. The summed E-state index contributed by atoms with van der Waals surface area (Å²) in [5.41, 5.74) is 1.17. The number of anilines is 2. The lowest BCUT2D eigenvalue weighted by molar-refractivity contribution is 0.277. The molecule has 19 heavy (non-hydrogen) atoms. The van der Waals surface area contributed by atoms with Crippen LogP contribution in [0.5, 0.6) is 0 Å². The lowest BCUT2D eigenvalue weighted by Crippen LogP contribution is -2.47. The molecule has 0 amide bonds. The van der Waals surface area contributed by atoms with Gasteiger partial charge in [-0.2, -0.15) is 4.98 Å². The topological polar surface area (TPSA) is 44.3 Å². The van der Waals surface area contributed by atoms with Crippen LogP contribution in [-0.2, 0) is 0 Å². The maximum Gasteiger partial charge on any atom is 0.227 e. The first-order valence-electron chi connectivity index (χ1n) is 6.42. The molecule has 2 rings (SSSR count). The van der Waals surface area contributed by atoms with Crippen molar-refractivity contribution in [2.45, 2.75) is 6.92 Å². The van der Waals surface area contributed by atoms with Gasteiger partial charge in [0.2, 0.25) is 5.95 Å². The van der Waals surface area contributed by atoms with E-state index in [9.17, 15) is 4.39 Å². The van der Waals surface area contributed by atoms with Crippen molar-refractivity contribution < 1.29 is 4.39 Å².